The summed E-state index contributed by atoms with van der Waals surface area (Å²) in [7, 11) is 12.6. The number of halogens is 2. The maximum atomic E-state index is 11.5. The van der Waals surface area contributed by atoms with Crippen LogP contribution < -0.4 is 0 Å². The van der Waals surface area contributed by atoms with Crippen molar-refractivity contribution in [2.45, 2.75) is 49.4 Å². The molecule has 124 valence electrons. The Bertz CT molecular complexity index is 303. The summed E-state index contributed by atoms with van der Waals surface area (Å²) in [6.07, 6.45) is 0.466. The number of esters is 2. The summed E-state index contributed by atoms with van der Waals surface area (Å²) < 4.78 is 11.1. The molecule has 7 heteroatoms. The molecule has 0 fully saturated rings. The van der Waals surface area contributed by atoms with Gasteiger partial charge in [-0.05, 0) is 0 Å². The van der Waals surface area contributed by atoms with Gasteiger partial charge < -0.3 is 0 Å². The molecule has 0 saturated heterocycles. The first kappa shape index (κ1) is 21.3. The molecule has 0 bridgehead atoms. The van der Waals surface area contributed by atoms with Crippen molar-refractivity contribution in [3.63, 3.8) is 0 Å². The molecular formula is C14H26Cl2O4Sn. The number of rotatable bonds is 10. The molecule has 0 aliphatic carbocycles. The SMILES string of the molecule is CC(C)COC(=O)C[CH2][Sn]([Cl])([Cl])[CH2]CC(=O)OCC(C)C. The van der Waals surface area contributed by atoms with Gasteiger partial charge in [-0.25, -0.2) is 0 Å². The second kappa shape index (κ2) is 10.9. The van der Waals surface area contributed by atoms with Gasteiger partial charge in [0, 0.05) is 0 Å². The van der Waals surface area contributed by atoms with Crippen molar-refractivity contribution in [3.05, 3.63) is 0 Å². The maximum absolute atomic E-state index is 11.5. The molecule has 0 aromatic heterocycles. The topological polar surface area (TPSA) is 52.6 Å². The zero-order valence-electron chi connectivity index (χ0n) is 13.3. The molecule has 0 radical (unpaired) electrons. The molecule has 0 atom stereocenters. The van der Waals surface area contributed by atoms with Gasteiger partial charge in [-0.2, -0.15) is 0 Å². The van der Waals surface area contributed by atoms with Gasteiger partial charge >= 0.3 is 139 Å². The van der Waals surface area contributed by atoms with E-state index in [2.05, 4.69) is 0 Å². The van der Waals surface area contributed by atoms with Gasteiger partial charge in [0.15, 0.2) is 0 Å². The third-order valence-corrected chi connectivity index (χ3v) is 13.2. The second-order valence-electron chi connectivity index (χ2n) is 6.01. The molecule has 0 saturated carbocycles. The third-order valence-electron chi connectivity index (χ3n) is 2.55. The molecule has 0 aliphatic heterocycles. The number of ether oxygens (including phenoxy) is 2. The van der Waals surface area contributed by atoms with Gasteiger partial charge in [-0.3, -0.25) is 0 Å². The Labute approximate surface area is 139 Å². The summed E-state index contributed by atoms with van der Waals surface area (Å²) in [5, 5.41) is 0. The Morgan fingerprint density at radius 1 is 0.857 bits per heavy atom. The number of hydrogen-bond donors (Lipinski definition) is 0. The first-order valence-corrected chi connectivity index (χ1v) is 18.6. The molecule has 0 amide bonds. The molecule has 0 rings (SSSR count). The van der Waals surface area contributed by atoms with Crippen molar-refractivity contribution in [2.24, 2.45) is 11.8 Å². The van der Waals surface area contributed by atoms with E-state index in [9.17, 15) is 9.59 Å². The van der Waals surface area contributed by atoms with Crippen LogP contribution in [0.25, 0.3) is 0 Å². The molecule has 0 N–H and O–H groups in total. The van der Waals surface area contributed by atoms with Crippen molar-refractivity contribution >= 4 is 45.9 Å². The van der Waals surface area contributed by atoms with Crippen molar-refractivity contribution in [2.75, 3.05) is 13.2 Å². The van der Waals surface area contributed by atoms with Crippen LogP contribution in [0.4, 0.5) is 0 Å². The van der Waals surface area contributed by atoms with E-state index in [1.165, 1.54) is 0 Å². The summed E-state index contributed by atoms with van der Waals surface area (Å²) >= 11 is -3.36. The summed E-state index contributed by atoms with van der Waals surface area (Å²) in [4.78, 5) is 23.0. The van der Waals surface area contributed by atoms with Crippen molar-refractivity contribution in [1.82, 2.24) is 0 Å². The molecule has 0 aromatic rings. The van der Waals surface area contributed by atoms with Crippen LogP contribution in [0.1, 0.15) is 40.5 Å². The van der Waals surface area contributed by atoms with Crippen LogP contribution in [0.15, 0.2) is 0 Å². The van der Waals surface area contributed by atoms with Crippen LogP contribution in [-0.2, 0) is 19.1 Å². The molecule has 0 aromatic carbocycles. The van der Waals surface area contributed by atoms with Gasteiger partial charge in [0.1, 0.15) is 0 Å². The van der Waals surface area contributed by atoms with Gasteiger partial charge in [0.05, 0.1) is 0 Å². The van der Waals surface area contributed by atoms with Crippen LogP contribution in [-0.4, -0.2) is 41.3 Å². The molecule has 0 aliphatic rings. The Kier molecular flexibility index (Phi) is 11.1. The van der Waals surface area contributed by atoms with E-state index in [1.807, 2.05) is 27.7 Å². The number of hydrogen-bond acceptors (Lipinski definition) is 4. The van der Waals surface area contributed by atoms with Gasteiger partial charge in [-0.15, -0.1) is 0 Å². The Hall–Kier alpha value is 0.319. The van der Waals surface area contributed by atoms with Gasteiger partial charge in [0.2, 0.25) is 0 Å². The summed E-state index contributed by atoms with van der Waals surface area (Å²) in [6.45, 7) is 8.72. The summed E-state index contributed by atoms with van der Waals surface area (Å²) in [5.41, 5.74) is 0. The normalized spacial score (nSPS) is 11.8. The Morgan fingerprint density at radius 3 is 1.48 bits per heavy atom. The van der Waals surface area contributed by atoms with E-state index in [4.69, 9.17) is 27.3 Å². The first-order chi connectivity index (χ1) is 9.62. The number of carbonyl (C=O) groups excluding carboxylic acids is 2. The molecule has 21 heavy (non-hydrogen) atoms. The van der Waals surface area contributed by atoms with Gasteiger partial charge in [-0.1, -0.05) is 0 Å². The monoisotopic (exact) mass is 448 g/mol. The fourth-order valence-corrected chi connectivity index (χ4v) is 7.86. The predicted molar refractivity (Wildman–Crippen MR) is 87.9 cm³/mol. The fourth-order valence-electron chi connectivity index (χ4n) is 1.36. The standard InChI is InChI=1S/2C7H13O2.2ClH.Sn/c2*1-4-7(8)9-5-6(2)3;;;/h2*6H,1,4-5H2,2-3H3;2*1H;/q;;;;+2/p-2. The van der Waals surface area contributed by atoms with Crippen LogP contribution in [0, 0.1) is 11.8 Å². The zero-order chi connectivity index (χ0) is 16.5. The second-order valence-corrected chi connectivity index (χ2v) is 24.8. The minimum atomic E-state index is -3.36. The minimum absolute atomic E-state index is 0.233. The summed E-state index contributed by atoms with van der Waals surface area (Å²) in [6, 6.07) is 0. The molecule has 0 heterocycles. The predicted octanol–water partition coefficient (Wildman–Crippen LogP) is 4.08. The zero-order valence-corrected chi connectivity index (χ0v) is 17.7. The Balaban J connectivity index is 3.92. The Morgan fingerprint density at radius 2 is 1.19 bits per heavy atom. The van der Waals surface area contributed by atoms with E-state index in [0.717, 1.165) is 0 Å². The summed E-state index contributed by atoms with van der Waals surface area (Å²) in [5.74, 6) is 0.0804. The fraction of sp³-hybridized carbons (Fsp3) is 0.857. The molecular weight excluding hydrogens is 422 g/mol. The van der Waals surface area contributed by atoms with E-state index < -0.39 is 16.1 Å². The molecule has 4 nitrogen and oxygen atoms in total. The molecule has 0 unspecified atom stereocenters. The van der Waals surface area contributed by atoms with Crippen LogP contribution in [0.3, 0.4) is 0 Å². The number of carbonyl (C=O) groups is 2. The average molecular weight is 448 g/mol. The van der Waals surface area contributed by atoms with E-state index in [0.29, 0.717) is 33.9 Å². The average Bonchev–Trinajstić information content (AvgIpc) is 2.38. The van der Waals surface area contributed by atoms with E-state index >= 15 is 0 Å². The quantitative estimate of drug-likeness (QED) is 0.374. The van der Waals surface area contributed by atoms with Crippen molar-refractivity contribution < 1.29 is 19.1 Å². The van der Waals surface area contributed by atoms with Gasteiger partial charge in [0.25, 0.3) is 0 Å². The van der Waals surface area contributed by atoms with E-state index in [-0.39, 0.29) is 24.8 Å². The molecule has 0 spiro atoms. The van der Waals surface area contributed by atoms with Crippen molar-refractivity contribution in [3.8, 4) is 0 Å². The van der Waals surface area contributed by atoms with E-state index in [1.54, 1.807) is 0 Å². The van der Waals surface area contributed by atoms with Crippen molar-refractivity contribution in [1.29, 1.82) is 0 Å². The first-order valence-electron chi connectivity index (χ1n) is 7.31. The van der Waals surface area contributed by atoms with Crippen LogP contribution in [0.2, 0.25) is 8.87 Å². The van der Waals surface area contributed by atoms with Crippen LogP contribution in [0.5, 0.6) is 0 Å². The third kappa shape index (κ3) is 13.7. The van der Waals surface area contributed by atoms with Crippen LogP contribution >= 0.6 is 17.8 Å².